The van der Waals surface area contributed by atoms with Gasteiger partial charge in [0.1, 0.15) is 11.6 Å². The van der Waals surface area contributed by atoms with Crippen LogP contribution in [0.2, 0.25) is 0 Å². The highest BCUT2D eigenvalue weighted by molar-refractivity contribution is 6.16. The number of methoxy groups -OCH3 is 1. The number of nitrogens with zero attached hydrogens (tertiary/aromatic N) is 2. The SMILES string of the molecule is COc1cc(NC(=C2C(=O)OC(C)(C)OC2=O)N2CCC(C(N)=O)CC2)ccc1-c1cnco1. The van der Waals surface area contributed by atoms with Gasteiger partial charge in [-0.25, -0.2) is 14.6 Å². The summed E-state index contributed by atoms with van der Waals surface area (Å²) >= 11 is 0. The minimum atomic E-state index is -1.37. The Morgan fingerprint density at radius 1 is 1.21 bits per heavy atom. The number of cyclic esters (lactones) is 2. The van der Waals surface area contributed by atoms with Crippen LogP contribution < -0.4 is 15.8 Å². The fraction of sp³-hybridized carbons (Fsp3) is 0.391. The lowest BCUT2D eigenvalue weighted by Crippen LogP contribution is -2.46. The summed E-state index contributed by atoms with van der Waals surface area (Å²) in [6, 6.07) is 5.22. The average molecular weight is 470 g/mol. The van der Waals surface area contributed by atoms with Crippen molar-refractivity contribution < 1.29 is 33.0 Å². The molecule has 2 saturated heterocycles. The van der Waals surface area contributed by atoms with Crippen molar-refractivity contribution in [2.45, 2.75) is 32.5 Å². The van der Waals surface area contributed by atoms with E-state index in [-0.39, 0.29) is 23.2 Å². The number of ether oxygens (including phenoxy) is 3. The molecule has 1 amide bonds. The van der Waals surface area contributed by atoms with Gasteiger partial charge in [0, 0.05) is 44.6 Å². The average Bonchev–Trinajstić information content (AvgIpc) is 3.32. The van der Waals surface area contributed by atoms with Gasteiger partial charge in [0.25, 0.3) is 5.79 Å². The molecule has 2 aromatic rings. The molecule has 11 nitrogen and oxygen atoms in total. The summed E-state index contributed by atoms with van der Waals surface area (Å²) in [6.45, 7) is 3.77. The standard InChI is InChI=1S/C23H26N4O7/c1-23(2)33-21(29)18(22(30)34-23)20(27-8-6-13(7-9-27)19(24)28)26-14-4-5-15(16(10-14)31-3)17-11-25-12-32-17/h4-5,10-13,26H,6-9H2,1-3H3,(H2,24,28). The van der Waals surface area contributed by atoms with E-state index < -0.39 is 17.7 Å². The van der Waals surface area contributed by atoms with E-state index in [0.717, 1.165) is 0 Å². The molecule has 2 fully saturated rings. The predicted molar refractivity (Wildman–Crippen MR) is 119 cm³/mol. The lowest BCUT2D eigenvalue weighted by atomic mass is 9.96. The number of carbonyl (C=O) groups excluding carboxylic acids is 3. The van der Waals surface area contributed by atoms with Crippen molar-refractivity contribution in [1.82, 2.24) is 9.88 Å². The fourth-order valence-electron chi connectivity index (χ4n) is 3.99. The number of esters is 2. The molecule has 1 aromatic carbocycles. The Morgan fingerprint density at radius 2 is 1.88 bits per heavy atom. The van der Waals surface area contributed by atoms with Crippen LogP contribution in [0.25, 0.3) is 11.3 Å². The van der Waals surface area contributed by atoms with Gasteiger partial charge in [0.05, 0.1) is 18.9 Å². The number of amides is 1. The van der Waals surface area contributed by atoms with Crippen LogP contribution in [0.3, 0.4) is 0 Å². The minimum Gasteiger partial charge on any atom is -0.496 e. The van der Waals surface area contributed by atoms with E-state index in [4.69, 9.17) is 24.4 Å². The molecule has 3 heterocycles. The first kappa shape index (κ1) is 23.1. The number of oxazole rings is 1. The second-order valence-electron chi connectivity index (χ2n) is 8.47. The Labute approximate surface area is 195 Å². The molecule has 2 aliphatic rings. The van der Waals surface area contributed by atoms with Crippen molar-refractivity contribution in [3.8, 4) is 17.1 Å². The molecule has 4 rings (SSSR count). The Bertz CT molecular complexity index is 1110. The first-order valence-electron chi connectivity index (χ1n) is 10.8. The maximum absolute atomic E-state index is 12.8. The number of nitrogens with two attached hydrogens (primary N) is 1. The van der Waals surface area contributed by atoms with Crippen LogP contribution in [-0.2, 0) is 23.9 Å². The molecule has 0 saturated carbocycles. The van der Waals surface area contributed by atoms with Crippen molar-refractivity contribution in [2.75, 3.05) is 25.5 Å². The van der Waals surface area contributed by atoms with Crippen molar-refractivity contribution in [3.63, 3.8) is 0 Å². The highest BCUT2D eigenvalue weighted by Crippen LogP contribution is 2.34. The minimum absolute atomic E-state index is 0.225. The molecule has 1 aromatic heterocycles. The number of rotatable bonds is 6. The van der Waals surface area contributed by atoms with Crippen LogP contribution >= 0.6 is 0 Å². The van der Waals surface area contributed by atoms with Crippen LogP contribution in [0.4, 0.5) is 5.69 Å². The van der Waals surface area contributed by atoms with Gasteiger partial charge in [-0.1, -0.05) is 0 Å². The zero-order valence-electron chi connectivity index (χ0n) is 19.1. The maximum Gasteiger partial charge on any atom is 0.352 e. The van der Waals surface area contributed by atoms with Crippen molar-refractivity contribution in [1.29, 1.82) is 0 Å². The summed E-state index contributed by atoms with van der Waals surface area (Å²) in [5.41, 5.74) is 6.43. The zero-order valence-corrected chi connectivity index (χ0v) is 19.1. The van der Waals surface area contributed by atoms with Gasteiger partial charge in [0.15, 0.2) is 17.7 Å². The topological polar surface area (TPSA) is 146 Å². The molecule has 0 bridgehead atoms. The largest absolute Gasteiger partial charge is 0.496 e. The summed E-state index contributed by atoms with van der Waals surface area (Å²) in [6.07, 6.45) is 3.85. The molecule has 180 valence electrons. The molecule has 11 heteroatoms. The van der Waals surface area contributed by atoms with Gasteiger partial charge >= 0.3 is 11.9 Å². The summed E-state index contributed by atoms with van der Waals surface area (Å²) < 4.78 is 21.5. The summed E-state index contributed by atoms with van der Waals surface area (Å²) in [5, 5.41) is 3.16. The summed E-state index contributed by atoms with van der Waals surface area (Å²) in [4.78, 5) is 43.0. The zero-order chi connectivity index (χ0) is 24.5. The van der Waals surface area contributed by atoms with E-state index in [2.05, 4.69) is 10.3 Å². The van der Waals surface area contributed by atoms with Gasteiger partial charge in [-0.3, -0.25) is 4.79 Å². The van der Waals surface area contributed by atoms with E-state index in [0.29, 0.717) is 48.7 Å². The number of anilines is 1. The molecule has 0 unspecified atom stereocenters. The number of hydrogen-bond donors (Lipinski definition) is 2. The van der Waals surface area contributed by atoms with Gasteiger partial charge in [-0.05, 0) is 25.0 Å². The quantitative estimate of drug-likeness (QED) is 0.365. The molecular weight excluding hydrogens is 444 g/mol. The van der Waals surface area contributed by atoms with Crippen molar-refractivity contribution in [3.05, 3.63) is 42.2 Å². The fourth-order valence-corrected chi connectivity index (χ4v) is 3.99. The van der Waals surface area contributed by atoms with Gasteiger partial charge < -0.3 is 34.6 Å². The Balaban J connectivity index is 1.70. The maximum atomic E-state index is 12.8. The van der Waals surface area contributed by atoms with E-state index in [1.165, 1.54) is 27.4 Å². The number of aromatic nitrogens is 1. The molecule has 2 aliphatic heterocycles. The summed E-state index contributed by atoms with van der Waals surface area (Å²) in [5.74, 6) is -2.37. The molecular formula is C23H26N4O7. The van der Waals surface area contributed by atoms with Crippen LogP contribution in [0.15, 0.2) is 46.6 Å². The molecule has 34 heavy (non-hydrogen) atoms. The number of nitrogens with one attached hydrogen (secondary N) is 1. The van der Waals surface area contributed by atoms with Gasteiger partial charge in [-0.15, -0.1) is 0 Å². The predicted octanol–water partition coefficient (Wildman–Crippen LogP) is 2.01. The Kier molecular flexibility index (Phi) is 6.18. The second kappa shape index (κ2) is 9.08. The van der Waals surface area contributed by atoms with E-state index in [1.807, 2.05) is 4.90 Å². The lowest BCUT2D eigenvalue weighted by Gasteiger charge is -2.37. The summed E-state index contributed by atoms with van der Waals surface area (Å²) in [7, 11) is 1.52. The molecule has 3 N–H and O–H groups in total. The van der Waals surface area contributed by atoms with E-state index >= 15 is 0 Å². The van der Waals surface area contributed by atoms with Crippen LogP contribution in [0.5, 0.6) is 5.75 Å². The molecule has 0 radical (unpaired) electrons. The molecule has 0 spiro atoms. The third kappa shape index (κ3) is 4.68. The van der Waals surface area contributed by atoms with Crippen LogP contribution in [0, 0.1) is 5.92 Å². The third-order valence-electron chi connectivity index (χ3n) is 5.70. The Hall–Kier alpha value is -4.02. The number of benzene rings is 1. The number of likely N-dealkylation sites (tertiary alicyclic amines) is 1. The monoisotopic (exact) mass is 470 g/mol. The highest BCUT2D eigenvalue weighted by Gasteiger charge is 2.42. The smallest absolute Gasteiger partial charge is 0.352 e. The first-order chi connectivity index (χ1) is 16.2. The van der Waals surface area contributed by atoms with Crippen LogP contribution in [-0.4, -0.2) is 53.7 Å². The molecule has 0 atom stereocenters. The van der Waals surface area contributed by atoms with Crippen molar-refractivity contribution >= 4 is 23.5 Å². The van der Waals surface area contributed by atoms with E-state index in [9.17, 15) is 14.4 Å². The molecule has 0 aliphatic carbocycles. The van der Waals surface area contributed by atoms with Gasteiger partial charge in [-0.2, -0.15) is 0 Å². The lowest BCUT2D eigenvalue weighted by molar-refractivity contribution is -0.222. The number of hydrogen-bond acceptors (Lipinski definition) is 10. The first-order valence-corrected chi connectivity index (χ1v) is 10.8. The number of carbonyl (C=O) groups is 3. The second-order valence-corrected chi connectivity index (χ2v) is 8.47. The van der Waals surface area contributed by atoms with Gasteiger partial charge in [0.2, 0.25) is 5.91 Å². The van der Waals surface area contributed by atoms with Crippen LogP contribution in [0.1, 0.15) is 26.7 Å². The van der Waals surface area contributed by atoms with Crippen molar-refractivity contribution in [2.24, 2.45) is 11.7 Å². The van der Waals surface area contributed by atoms with E-state index in [1.54, 1.807) is 24.4 Å². The Morgan fingerprint density at radius 3 is 2.44 bits per heavy atom. The number of piperidine rings is 1. The highest BCUT2D eigenvalue weighted by atomic mass is 16.7. The normalized spacial score (nSPS) is 18.2. The number of primary amides is 1. The third-order valence-corrected chi connectivity index (χ3v) is 5.70.